The van der Waals surface area contributed by atoms with Crippen molar-refractivity contribution in [3.8, 4) is 0 Å². The summed E-state index contributed by atoms with van der Waals surface area (Å²) >= 11 is 0. The molecule has 1 fully saturated rings. The van der Waals surface area contributed by atoms with Gasteiger partial charge in [-0.05, 0) is 44.1 Å². The predicted molar refractivity (Wildman–Crippen MR) is 74.1 cm³/mol. The Kier molecular flexibility index (Phi) is 4.40. The van der Waals surface area contributed by atoms with Gasteiger partial charge in [0, 0.05) is 5.92 Å². The van der Waals surface area contributed by atoms with Crippen LogP contribution in [0.5, 0.6) is 0 Å². The minimum atomic E-state index is 0.109. The number of rotatable bonds is 3. The molecule has 0 bridgehead atoms. The van der Waals surface area contributed by atoms with E-state index in [4.69, 9.17) is 0 Å². The van der Waals surface area contributed by atoms with E-state index in [2.05, 4.69) is 31.3 Å². The molecule has 18 heavy (non-hydrogen) atoms. The van der Waals surface area contributed by atoms with Gasteiger partial charge >= 0.3 is 0 Å². The van der Waals surface area contributed by atoms with Gasteiger partial charge in [0.05, 0.1) is 6.04 Å². The van der Waals surface area contributed by atoms with E-state index < -0.39 is 0 Å². The number of hydrogen-bond acceptors (Lipinski definition) is 1. The summed E-state index contributed by atoms with van der Waals surface area (Å²) in [4.78, 5) is 12.2. The fourth-order valence-corrected chi connectivity index (χ4v) is 2.68. The first kappa shape index (κ1) is 13.1. The van der Waals surface area contributed by atoms with Gasteiger partial charge in [0.15, 0.2) is 0 Å². The van der Waals surface area contributed by atoms with E-state index in [0.717, 1.165) is 18.8 Å². The highest BCUT2D eigenvalue weighted by atomic mass is 16.1. The molecule has 1 aliphatic rings. The number of carbonyl (C=O) groups excluding carboxylic acids is 1. The van der Waals surface area contributed by atoms with Gasteiger partial charge in [-0.2, -0.15) is 0 Å². The van der Waals surface area contributed by atoms with Crippen LogP contribution in [-0.4, -0.2) is 5.91 Å². The van der Waals surface area contributed by atoms with Crippen LogP contribution in [0.1, 0.15) is 51.1 Å². The molecule has 1 N–H and O–H groups in total. The molecule has 0 unspecified atom stereocenters. The zero-order chi connectivity index (χ0) is 13.0. The van der Waals surface area contributed by atoms with Gasteiger partial charge in [-0.3, -0.25) is 4.79 Å². The third kappa shape index (κ3) is 3.34. The van der Waals surface area contributed by atoms with Crippen molar-refractivity contribution in [3.63, 3.8) is 0 Å². The smallest absolute Gasteiger partial charge is 0.223 e. The predicted octanol–water partition coefficient (Wildman–Crippen LogP) is 3.69. The lowest BCUT2D eigenvalue weighted by Crippen LogP contribution is -2.34. The average molecular weight is 245 g/mol. The minimum absolute atomic E-state index is 0.109. The fourth-order valence-electron chi connectivity index (χ4n) is 2.68. The van der Waals surface area contributed by atoms with E-state index in [0.29, 0.717) is 0 Å². The molecule has 0 spiro atoms. The zero-order valence-electron chi connectivity index (χ0n) is 11.4. The lowest BCUT2D eigenvalue weighted by Gasteiger charge is -2.26. The Bertz CT molecular complexity index is 379. The van der Waals surface area contributed by atoms with Gasteiger partial charge in [0.2, 0.25) is 5.91 Å². The van der Waals surface area contributed by atoms with Crippen LogP contribution in [0, 0.1) is 11.8 Å². The van der Waals surface area contributed by atoms with E-state index in [1.54, 1.807) is 0 Å². The quantitative estimate of drug-likeness (QED) is 0.864. The second-order valence-corrected chi connectivity index (χ2v) is 5.60. The van der Waals surface area contributed by atoms with Gasteiger partial charge < -0.3 is 5.32 Å². The highest BCUT2D eigenvalue weighted by Gasteiger charge is 2.25. The lowest BCUT2D eigenvalue weighted by molar-refractivity contribution is -0.126. The van der Waals surface area contributed by atoms with Gasteiger partial charge in [0.1, 0.15) is 0 Å². The van der Waals surface area contributed by atoms with Crippen molar-refractivity contribution in [1.29, 1.82) is 0 Å². The normalized spacial score (nSPS) is 25.4. The summed E-state index contributed by atoms with van der Waals surface area (Å²) in [6, 6.07) is 10.3. The maximum Gasteiger partial charge on any atom is 0.223 e. The van der Waals surface area contributed by atoms with Gasteiger partial charge in [-0.25, -0.2) is 0 Å². The van der Waals surface area contributed by atoms with Crippen LogP contribution < -0.4 is 5.32 Å². The van der Waals surface area contributed by atoms with Crippen molar-refractivity contribution in [2.75, 3.05) is 0 Å². The van der Waals surface area contributed by atoms with Crippen molar-refractivity contribution in [2.24, 2.45) is 11.8 Å². The average Bonchev–Trinajstić information content (AvgIpc) is 2.40. The molecule has 0 heterocycles. The third-order valence-electron chi connectivity index (χ3n) is 4.04. The van der Waals surface area contributed by atoms with Crippen LogP contribution in [0.2, 0.25) is 0 Å². The maximum atomic E-state index is 12.2. The van der Waals surface area contributed by atoms with Crippen molar-refractivity contribution in [3.05, 3.63) is 35.9 Å². The Morgan fingerprint density at radius 2 is 1.78 bits per heavy atom. The van der Waals surface area contributed by atoms with E-state index in [1.807, 2.05) is 18.2 Å². The highest BCUT2D eigenvalue weighted by molar-refractivity contribution is 5.79. The van der Waals surface area contributed by atoms with Crippen LogP contribution in [0.25, 0.3) is 0 Å². The minimum Gasteiger partial charge on any atom is -0.349 e. The van der Waals surface area contributed by atoms with Crippen LogP contribution in [-0.2, 0) is 4.79 Å². The Morgan fingerprint density at radius 1 is 1.17 bits per heavy atom. The first-order valence-electron chi connectivity index (χ1n) is 7.02. The molecule has 1 aliphatic carbocycles. The molecule has 0 aliphatic heterocycles. The summed E-state index contributed by atoms with van der Waals surface area (Å²) in [5, 5.41) is 3.14. The summed E-state index contributed by atoms with van der Waals surface area (Å²) in [6.45, 7) is 4.33. The highest BCUT2D eigenvalue weighted by Crippen LogP contribution is 2.28. The van der Waals surface area contributed by atoms with Crippen molar-refractivity contribution in [1.82, 2.24) is 5.32 Å². The summed E-state index contributed by atoms with van der Waals surface area (Å²) in [5.41, 5.74) is 1.18. The molecule has 2 nitrogen and oxygen atoms in total. The standard InChI is InChI=1S/C16H23NO/c1-12-8-10-15(11-9-12)16(18)17-13(2)14-6-4-3-5-7-14/h3-7,12-13,15H,8-11H2,1-2H3,(H,17,18)/t12?,13-,15?/m1/s1. The van der Waals surface area contributed by atoms with Crippen LogP contribution in [0.4, 0.5) is 0 Å². The van der Waals surface area contributed by atoms with Gasteiger partial charge in [-0.15, -0.1) is 0 Å². The molecule has 1 atom stereocenters. The lowest BCUT2D eigenvalue weighted by atomic mass is 9.82. The molecule has 2 heteroatoms. The Labute approximate surface area is 110 Å². The summed E-state index contributed by atoms with van der Waals surface area (Å²) in [5.74, 6) is 1.26. The number of nitrogens with one attached hydrogen (secondary N) is 1. The van der Waals surface area contributed by atoms with E-state index >= 15 is 0 Å². The topological polar surface area (TPSA) is 29.1 Å². The molecule has 1 aromatic carbocycles. The maximum absolute atomic E-state index is 12.2. The van der Waals surface area contributed by atoms with Crippen molar-refractivity contribution >= 4 is 5.91 Å². The molecule has 0 radical (unpaired) electrons. The summed E-state index contributed by atoms with van der Waals surface area (Å²) in [6.07, 6.45) is 4.48. The SMILES string of the molecule is CC1CCC(C(=O)N[C@H](C)c2ccccc2)CC1. The Hall–Kier alpha value is -1.31. The Balaban J connectivity index is 1.87. The van der Waals surface area contributed by atoms with Gasteiger partial charge in [0.25, 0.3) is 0 Å². The molecule has 1 amide bonds. The molecular formula is C16H23NO. The van der Waals surface area contributed by atoms with Crippen molar-refractivity contribution < 1.29 is 4.79 Å². The number of benzene rings is 1. The molecule has 2 rings (SSSR count). The fraction of sp³-hybridized carbons (Fsp3) is 0.562. The number of amides is 1. The zero-order valence-corrected chi connectivity index (χ0v) is 11.4. The van der Waals surface area contributed by atoms with E-state index in [9.17, 15) is 4.79 Å². The van der Waals surface area contributed by atoms with Crippen LogP contribution in [0.15, 0.2) is 30.3 Å². The second kappa shape index (κ2) is 6.03. The van der Waals surface area contributed by atoms with Crippen LogP contribution in [0.3, 0.4) is 0 Å². The second-order valence-electron chi connectivity index (χ2n) is 5.60. The first-order chi connectivity index (χ1) is 8.66. The first-order valence-corrected chi connectivity index (χ1v) is 7.02. The molecule has 0 aromatic heterocycles. The molecule has 1 aromatic rings. The summed E-state index contributed by atoms with van der Waals surface area (Å²) < 4.78 is 0. The summed E-state index contributed by atoms with van der Waals surface area (Å²) in [7, 11) is 0. The van der Waals surface area contributed by atoms with E-state index in [1.165, 1.54) is 18.4 Å². The monoisotopic (exact) mass is 245 g/mol. The molecule has 98 valence electrons. The Morgan fingerprint density at radius 3 is 2.39 bits per heavy atom. The van der Waals surface area contributed by atoms with Crippen LogP contribution >= 0.6 is 0 Å². The number of carbonyl (C=O) groups is 1. The molecule has 0 saturated heterocycles. The molecule has 1 saturated carbocycles. The largest absolute Gasteiger partial charge is 0.349 e. The van der Waals surface area contributed by atoms with Crippen molar-refractivity contribution in [2.45, 2.75) is 45.6 Å². The third-order valence-corrected chi connectivity index (χ3v) is 4.04. The number of hydrogen-bond donors (Lipinski definition) is 1. The molecular weight excluding hydrogens is 222 g/mol. The van der Waals surface area contributed by atoms with Gasteiger partial charge in [-0.1, -0.05) is 37.3 Å². The van der Waals surface area contributed by atoms with E-state index in [-0.39, 0.29) is 17.9 Å².